The number of alkyl halides is 5. The molecule has 1 aromatic rings. The number of benzene rings is 1. The number of aliphatic hydroxyl groups is 1. The van der Waals surface area contributed by atoms with Crippen LogP contribution in [-0.2, 0) is 6.18 Å². The van der Waals surface area contributed by atoms with E-state index in [1.54, 1.807) is 0 Å². The maximum Gasteiger partial charge on any atom is 0.416 e. The van der Waals surface area contributed by atoms with Crippen LogP contribution >= 0.6 is 0 Å². The molecule has 1 aromatic carbocycles. The van der Waals surface area contributed by atoms with E-state index in [2.05, 4.69) is 0 Å². The van der Waals surface area contributed by atoms with Gasteiger partial charge in [-0.05, 0) is 30.4 Å². The molecule has 1 fully saturated rings. The molecule has 0 aromatic heterocycles. The Morgan fingerprint density at radius 2 is 1.65 bits per heavy atom. The summed E-state index contributed by atoms with van der Waals surface area (Å²) in [4.78, 5) is 0. The molecule has 1 aliphatic rings. The summed E-state index contributed by atoms with van der Waals surface area (Å²) in [5, 5.41) is 10.1. The number of hydrogen-bond donors (Lipinski definition) is 1. The topological polar surface area (TPSA) is 20.2 Å². The Hall–Kier alpha value is -1.17. The van der Waals surface area contributed by atoms with Crippen LogP contribution in [0.4, 0.5) is 22.0 Å². The van der Waals surface area contributed by atoms with Gasteiger partial charge in [-0.2, -0.15) is 13.2 Å². The van der Waals surface area contributed by atoms with Crippen molar-refractivity contribution < 1.29 is 27.1 Å². The van der Waals surface area contributed by atoms with E-state index in [9.17, 15) is 27.1 Å². The van der Waals surface area contributed by atoms with Crippen LogP contribution in [0.5, 0.6) is 0 Å². The fraction of sp³-hybridized carbons (Fsp3) is 0.571. The van der Waals surface area contributed by atoms with Crippen LogP contribution in [0.3, 0.4) is 0 Å². The molecule has 112 valence electrons. The minimum absolute atomic E-state index is 0.0281. The van der Waals surface area contributed by atoms with Crippen molar-refractivity contribution in [3.05, 3.63) is 35.4 Å². The Morgan fingerprint density at radius 1 is 1.10 bits per heavy atom. The number of aliphatic hydroxyl groups excluding tert-OH is 1. The Balaban J connectivity index is 2.20. The molecule has 0 bridgehead atoms. The van der Waals surface area contributed by atoms with Gasteiger partial charge >= 0.3 is 6.18 Å². The molecule has 1 N–H and O–H groups in total. The predicted molar refractivity (Wildman–Crippen MR) is 63.3 cm³/mol. The lowest BCUT2D eigenvalue weighted by Crippen LogP contribution is -2.28. The average molecular weight is 294 g/mol. The first-order valence-electron chi connectivity index (χ1n) is 6.43. The summed E-state index contributed by atoms with van der Waals surface area (Å²) < 4.78 is 64.7. The Labute approximate surface area is 113 Å². The van der Waals surface area contributed by atoms with E-state index in [4.69, 9.17) is 0 Å². The smallest absolute Gasteiger partial charge is 0.388 e. The van der Waals surface area contributed by atoms with E-state index >= 15 is 0 Å². The Kier molecular flexibility index (Phi) is 4.04. The second kappa shape index (κ2) is 5.31. The van der Waals surface area contributed by atoms with Crippen LogP contribution in [0.15, 0.2) is 24.3 Å². The monoisotopic (exact) mass is 294 g/mol. The third-order valence-corrected chi connectivity index (χ3v) is 3.79. The zero-order valence-corrected chi connectivity index (χ0v) is 10.6. The Bertz CT molecular complexity index is 459. The molecule has 2 rings (SSSR count). The van der Waals surface area contributed by atoms with Crippen LogP contribution in [0.25, 0.3) is 0 Å². The van der Waals surface area contributed by atoms with Gasteiger partial charge in [0.05, 0.1) is 11.7 Å². The van der Waals surface area contributed by atoms with Crippen LogP contribution in [-0.4, -0.2) is 11.0 Å². The maximum atomic E-state index is 13.1. The number of halogens is 5. The fourth-order valence-corrected chi connectivity index (χ4v) is 2.65. The number of hydrogen-bond acceptors (Lipinski definition) is 1. The third-order valence-electron chi connectivity index (χ3n) is 3.79. The van der Waals surface area contributed by atoms with Crippen molar-refractivity contribution >= 4 is 0 Å². The molecule has 1 saturated carbocycles. The van der Waals surface area contributed by atoms with Gasteiger partial charge in [-0.25, -0.2) is 8.78 Å². The molecule has 1 aliphatic carbocycles. The van der Waals surface area contributed by atoms with E-state index < -0.39 is 29.7 Å². The molecular formula is C14H15F5O. The fourth-order valence-electron chi connectivity index (χ4n) is 2.65. The lowest BCUT2D eigenvalue weighted by atomic mass is 9.80. The first kappa shape index (κ1) is 15.2. The second-order valence-electron chi connectivity index (χ2n) is 5.22. The molecule has 0 amide bonds. The van der Waals surface area contributed by atoms with Crippen molar-refractivity contribution in [1.82, 2.24) is 0 Å². The zero-order valence-electron chi connectivity index (χ0n) is 10.6. The largest absolute Gasteiger partial charge is 0.416 e. The summed E-state index contributed by atoms with van der Waals surface area (Å²) in [7, 11) is 0. The highest BCUT2D eigenvalue weighted by molar-refractivity contribution is 5.32. The number of rotatable bonds is 2. The van der Waals surface area contributed by atoms with E-state index in [0.717, 1.165) is 6.07 Å². The SMILES string of the molecule is OC(c1ccccc1C(F)(F)F)C1CCC(F)(F)CC1. The van der Waals surface area contributed by atoms with Crippen molar-refractivity contribution in [2.24, 2.45) is 5.92 Å². The van der Waals surface area contributed by atoms with Crippen molar-refractivity contribution in [3.63, 3.8) is 0 Å². The lowest BCUT2D eigenvalue weighted by molar-refractivity contribution is -0.140. The van der Waals surface area contributed by atoms with Gasteiger partial charge in [0.1, 0.15) is 0 Å². The summed E-state index contributed by atoms with van der Waals surface area (Å²) >= 11 is 0. The maximum absolute atomic E-state index is 13.1. The highest BCUT2D eigenvalue weighted by atomic mass is 19.4. The van der Waals surface area contributed by atoms with Crippen molar-refractivity contribution in [2.75, 3.05) is 0 Å². The van der Waals surface area contributed by atoms with Crippen molar-refractivity contribution in [2.45, 2.75) is 43.9 Å². The molecule has 0 heterocycles. The van der Waals surface area contributed by atoms with Gasteiger partial charge < -0.3 is 5.11 Å². The normalized spacial score (nSPS) is 21.7. The Morgan fingerprint density at radius 3 is 2.20 bits per heavy atom. The molecule has 0 saturated heterocycles. The quantitative estimate of drug-likeness (QED) is 0.792. The molecule has 20 heavy (non-hydrogen) atoms. The predicted octanol–water partition coefficient (Wildman–Crippen LogP) is 4.56. The van der Waals surface area contributed by atoms with Gasteiger partial charge in [0.15, 0.2) is 0 Å². The van der Waals surface area contributed by atoms with Gasteiger partial charge in [0, 0.05) is 12.8 Å². The minimum Gasteiger partial charge on any atom is -0.388 e. The van der Waals surface area contributed by atoms with Gasteiger partial charge in [0.2, 0.25) is 5.92 Å². The summed E-state index contributed by atoms with van der Waals surface area (Å²) in [6, 6.07) is 4.76. The van der Waals surface area contributed by atoms with E-state index in [1.165, 1.54) is 18.2 Å². The van der Waals surface area contributed by atoms with E-state index in [1.807, 2.05) is 0 Å². The molecule has 1 nitrogen and oxygen atoms in total. The summed E-state index contributed by atoms with van der Waals surface area (Å²) in [6.07, 6.45) is -6.63. The molecular weight excluding hydrogens is 279 g/mol. The molecule has 6 heteroatoms. The summed E-state index contributed by atoms with van der Waals surface area (Å²) in [6.45, 7) is 0. The molecule has 1 unspecified atom stereocenters. The third kappa shape index (κ3) is 3.29. The average Bonchev–Trinajstić information content (AvgIpc) is 2.37. The van der Waals surface area contributed by atoms with Gasteiger partial charge in [-0.15, -0.1) is 0 Å². The van der Waals surface area contributed by atoms with Crippen molar-refractivity contribution in [3.8, 4) is 0 Å². The summed E-state index contributed by atoms with van der Waals surface area (Å²) in [5.74, 6) is -3.32. The van der Waals surface area contributed by atoms with Crippen LogP contribution < -0.4 is 0 Å². The molecule has 0 radical (unpaired) electrons. The molecule has 0 spiro atoms. The van der Waals surface area contributed by atoms with Crippen LogP contribution in [0, 0.1) is 5.92 Å². The first-order valence-corrected chi connectivity index (χ1v) is 6.43. The van der Waals surface area contributed by atoms with Crippen LogP contribution in [0.1, 0.15) is 42.9 Å². The lowest BCUT2D eigenvalue weighted by Gasteiger charge is -2.32. The molecule has 0 aliphatic heterocycles. The summed E-state index contributed by atoms with van der Waals surface area (Å²) in [5.41, 5.74) is -1.12. The van der Waals surface area contributed by atoms with E-state index in [0.29, 0.717) is 0 Å². The second-order valence-corrected chi connectivity index (χ2v) is 5.22. The van der Waals surface area contributed by atoms with E-state index in [-0.39, 0.29) is 31.2 Å². The first-order chi connectivity index (χ1) is 9.21. The standard InChI is InChI=1S/C14H15F5O/c15-13(16)7-5-9(6-8-13)12(20)10-3-1-2-4-11(10)14(17,18)19/h1-4,9,12,20H,5-8H2. The van der Waals surface area contributed by atoms with Crippen molar-refractivity contribution in [1.29, 1.82) is 0 Å². The van der Waals surface area contributed by atoms with Gasteiger partial charge in [-0.1, -0.05) is 18.2 Å². The van der Waals surface area contributed by atoms with Gasteiger partial charge in [0.25, 0.3) is 0 Å². The molecule has 1 atom stereocenters. The van der Waals surface area contributed by atoms with Gasteiger partial charge in [-0.3, -0.25) is 0 Å². The highest BCUT2D eigenvalue weighted by Crippen LogP contribution is 2.43. The van der Waals surface area contributed by atoms with Crippen LogP contribution in [0.2, 0.25) is 0 Å². The minimum atomic E-state index is -4.56. The zero-order chi connectivity index (χ0) is 15.0. The highest BCUT2D eigenvalue weighted by Gasteiger charge is 2.40.